The highest BCUT2D eigenvalue weighted by Gasteiger charge is 2.10. The zero-order valence-electron chi connectivity index (χ0n) is 10.9. The zero-order valence-corrected chi connectivity index (χ0v) is 11.6. The van der Waals surface area contributed by atoms with Gasteiger partial charge in [0.2, 0.25) is 0 Å². The molecular weight excluding hydrogens is 260 g/mol. The molecule has 0 aliphatic heterocycles. The largest absolute Gasteiger partial charge is 0.492 e. The van der Waals surface area contributed by atoms with E-state index in [9.17, 15) is 0 Å². The summed E-state index contributed by atoms with van der Waals surface area (Å²) in [5.74, 6) is 1.95. The van der Waals surface area contributed by atoms with E-state index in [4.69, 9.17) is 21.1 Å². The molecule has 98 valence electrons. The second kappa shape index (κ2) is 6.30. The van der Waals surface area contributed by atoms with E-state index in [1.807, 2.05) is 55.5 Å². The highest BCUT2D eigenvalue weighted by molar-refractivity contribution is 6.32. The van der Waals surface area contributed by atoms with Crippen LogP contribution in [0.15, 0.2) is 48.5 Å². The van der Waals surface area contributed by atoms with Crippen molar-refractivity contribution >= 4 is 17.7 Å². The fraction of sp³-hybridized carbons (Fsp3) is 0.125. The van der Waals surface area contributed by atoms with Crippen molar-refractivity contribution in [2.45, 2.75) is 6.92 Å². The van der Waals surface area contributed by atoms with Crippen molar-refractivity contribution < 1.29 is 9.47 Å². The van der Waals surface area contributed by atoms with E-state index >= 15 is 0 Å². The minimum Gasteiger partial charge on any atom is -0.492 e. The summed E-state index contributed by atoms with van der Waals surface area (Å²) in [6.07, 6.45) is 3.93. The normalized spacial score (nSPS) is 10.7. The van der Waals surface area contributed by atoms with E-state index in [1.54, 1.807) is 13.2 Å². The first-order valence-corrected chi connectivity index (χ1v) is 6.36. The van der Waals surface area contributed by atoms with Crippen molar-refractivity contribution in [1.82, 2.24) is 0 Å². The molecule has 0 saturated carbocycles. The summed E-state index contributed by atoms with van der Waals surface area (Å²) in [4.78, 5) is 0. The Bertz CT molecular complexity index is 591. The van der Waals surface area contributed by atoms with Crippen LogP contribution >= 0.6 is 11.6 Å². The van der Waals surface area contributed by atoms with E-state index in [1.165, 1.54) is 0 Å². The van der Waals surface area contributed by atoms with Gasteiger partial charge in [-0.1, -0.05) is 48.0 Å². The van der Waals surface area contributed by atoms with Crippen molar-refractivity contribution in [2.75, 3.05) is 7.11 Å². The Hall–Kier alpha value is -1.93. The standard InChI is InChI=1S/C16H15ClO2/c1-3-7-12-8-6-11-15(16(12)18-2)19-14-10-5-4-9-13(14)17/h3-11H,1-2H3/b7-3-. The van der Waals surface area contributed by atoms with E-state index in [0.717, 1.165) is 5.56 Å². The SMILES string of the molecule is C/C=C\c1cccc(Oc2ccccc2Cl)c1OC. The molecule has 0 unspecified atom stereocenters. The minimum absolute atomic E-state index is 0.570. The summed E-state index contributed by atoms with van der Waals surface area (Å²) >= 11 is 6.09. The summed E-state index contributed by atoms with van der Waals surface area (Å²) < 4.78 is 11.2. The monoisotopic (exact) mass is 274 g/mol. The molecule has 3 heteroatoms. The molecule has 0 aliphatic rings. The van der Waals surface area contributed by atoms with Crippen LogP contribution in [0.2, 0.25) is 5.02 Å². The van der Waals surface area contributed by atoms with E-state index < -0.39 is 0 Å². The zero-order chi connectivity index (χ0) is 13.7. The number of rotatable bonds is 4. The number of allylic oxidation sites excluding steroid dienone is 1. The Kier molecular flexibility index (Phi) is 4.48. The van der Waals surface area contributed by atoms with Gasteiger partial charge in [0.25, 0.3) is 0 Å². The average molecular weight is 275 g/mol. The van der Waals surface area contributed by atoms with Crippen molar-refractivity contribution in [3.05, 3.63) is 59.1 Å². The second-order valence-electron chi connectivity index (χ2n) is 3.91. The first-order chi connectivity index (χ1) is 9.26. The van der Waals surface area contributed by atoms with Gasteiger partial charge in [0, 0.05) is 5.56 Å². The average Bonchev–Trinajstić information content (AvgIpc) is 2.42. The molecule has 0 fully saturated rings. The van der Waals surface area contributed by atoms with Gasteiger partial charge >= 0.3 is 0 Å². The van der Waals surface area contributed by atoms with Gasteiger partial charge in [-0.3, -0.25) is 0 Å². The summed E-state index contributed by atoms with van der Waals surface area (Å²) in [7, 11) is 1.63. The Labute approximate surface area is 118 Å². The Balaban J connectivity index is 2.40. The molecule has 0 radical (unpaired) electrons. The number of para-hydroxylation sites is 2. The Morgan fingerprint density at radius 2 is 1.74 bits per heavy atom. The first-order valence-electron chi connectivity index (χ1n) is 5.98. The smallest absolute Gasteiger partial charge is 0.169 e. The van der Waals surface area contributed by atoms with Crippen LogP contribution in [0.4, 0.5) is 0 Å². The minimum atomic E-state index is 0.570. The maximum Gasteiger partial charge on any atom is 0.169 e. The van der Waals surface area contributed by atoms with Crippen LogP contribution in [-0.4, -0.2) is 7.11 Å². The third-order valence-electron chi connectivity index (χ3n) is 2.62. The van der Waals surface area contributed by atoms with Crippen LogP contribution in [0.3, 0.4) is 0 Å². The fourth-order valence-corrected chi connectivity index (χ4v) is 1.96. The maximum atomic E-state index is 6.09. The molecule has 0 spiro atoms. The number of methoxy groups -OCH3 is 1. The van der Waals surface area contributed by atoms with Gasteiger partial charge in [-0.05, 0) is 25.1 Å². The lowest BCUT2D eigenvalue weighted by Gasteiger charge is -2.13. The number of benzene rings is 2. The molecule has 2 nitrogen and oxygen atoms in total. The number of ether oxygens (including phenoxy) is 2. The molecule has 0 N–H and O–H groups in total. The van der Waals surface area contributed by atoms with Crippen LogP contribution in [0.5, 0.6) is 17.2 Å². The second-order valence-corrected chi connectivity index (χ2v) is 4.32. The van der Waals surface area contributed by atoms with Gasteiger partial charge in [0.1, 0.15) is 5.75 Å². The summed E-state index contributed by atoms with van der Waals surface area (Å²) in [6, 6.07) is 13.1. The third kappa shape index (κ3) is 3.09. The molecule has 0 atom stereocenters. The van der Waals surface area contributed by atoms with Crippen molar-refractivity contribution in [3.63, 3.8) is 0 Å². The molecule has 0 bridgehead atoms. The van der Waals surface area contributed by atoms with Gasteiger partial charge < -0.3 is 9.47 Å². The maximum absolute atomic E-state index is 6.09. The van der Waals surface area contributed by atoms with Crippen LogP contribution in [0, 0.1) is 0 Å². The Morgan fingerprint density at radius 3 is 2.42 bits per heavy atom. The topological polar surface area (TPSA) is 18.5 Å². The number of hydrogen-bond acceptors (Lipinski definition) is 2. The van der Waals surface area contributed by atoms with Gasteiger partial charge in [0.05, 0.1) is 12.1 Å². The lowest BCUT2D eigenvalue weighted by atomic mass is 10.1. The highest BCUT2D eigenvalue weighted by Crippen LogP contribution is 2.37. The molecule has 19 heavy (non-hydrogen) atoms. The molecule has 0 aliphatic carbocycles. The number of hydrogen-bond donors (Lipinski definition) is 0. The summed E-state index contributed by atoms with van der Waals surface area (Å²) in [5.41, 5.74) is 0.967. The quantitative estimate of drug-likeness (QED) is 0.765. The molecule has 0 amide bonds. The van der Waals surface area contributed by atoms with Crippen LogP contribution in [0.1, 0.15) is 12.5 Å². The molecule has 0 aromatic heterocycles. The third-order valence-corrected chi connectivity index (χ3v) is 2.93. The van der Waals surface area contributed by atoms with Crippen molar-refractivity contribution in [3.8, 4) is 17.2 Å². The summed E-state index contributed by atoms with van der Waals surface area (Å²) in [6.45, 7) is 1.96. The van der Waals surface area contributed by atoms with Crippen LogP contribution in [-0.2, 0) is 0 Å². The predicted molar refractivity (Wildman–Crippen MR) is 79.2 cm³/mol. The summed E-state index contributed by atoms with van der Waals surface area (Å²) in [5, 5.41) is 0.570. The lowest BCUT2D eigenvalue weighted by Crippen LogP contribution is -1.93. The Morgan fingerprint density at radius 1 is 1.00 bits per heavy atom. The predicted octanol–water partition coefficient (Wildman–Crippen LogP) is 5.17. The van der Waals surface area contributed by atoms with Gasteiger partial charge in [-0.25, -0.2) is 0 Å². The van der Waals surface area contributed by atoms with Crippen molar-refractivity contribution in [2.24, 2.45) is 0 Å². The van der Waals surface area contributed by atoms with Crippen molar-refractivity contribution in [1.29, 1.82) is 0 Å². The molecule has 2 aromatic rings. The molecule has 0 heterocycles. The van der Waals surface area contributed by atoms with Gasteiger partial charge in [-0.15, -0.1) is 0 Å². The van der Waals surface area contributed by atoms with Gasteiger partial charge in [0.15, 0.2) is 11.5 Å². The van der Waals surface area contributed by atoms with Crippen LogP contribution < -0.4 is 9.47 Å². The van der Waals surface area contributed by atoms with E-state index in [2.05, 4.69) is 0 Å². The van der Waals surface area contributed by atoms with E-state index in [-0.39, 0.29) is 0 Å². The molecule has 2 aromatic carbocycles. The van der Waals surface area contributed by atoms with E-state index in [0.29, 0.717) is 22.3 Å². The van der Waals surface area contributed by atoms with Gasteiger partial charge in [-0.2, -0.15) is 0 Å². The fourth-order valence-electron chi connectivity index (χ4n) is 1.79. The van der Waals surface area contributed by atoms with Crippen LogP contribution in [0.25, 0.3) is 6.08 Å². The highest BCUT2D eigenvalue weighted by atomic mass is 35.5. The lowest BCUT2D eigenvalue weighted by molar-refractivity contribution is 0.378. The number of halogens is 1. The molecular formula is C16H15ClO2. The molecule has 2 rings (SSSR count). The first kappa shape index (κ1) is 13.5. The molecule has 0 saturated heterocycles.